The van der Waals surface area contributed by atoms with Gasteiger partial charge in [-0.05, 0) is 56.8 Å². The molecular formula is C25H43NO7Si. The van der Waals surface area contributed by atoms with Gasteiger partial charge in [0.1, 0.15) is 6.61 Å². The molecule has 0 spiro atoms. The third-order valence-electron chi connectivity index (χ3n) is 6.17. The molecule has 34 heavy (non-hydrogen) atoms. The summed E-state index contributed by atoms with van der Waals surface area (Å²) in [5.74, 6) is -0.364. The lowest BCUT2D eigenvalue weighted by Crippen LogP contribution is -2.45. The number of rotatable bonds is 16. The van der Waals surface area contributed by atoms with Gasteiger partial charge < -0.3 is 19.2 Å². The lowest BCUT2D eigenvalue weighted by molar-refractivity contribution is -0.291. The van der Waals surface area contributed by atoms with Crippen molar-refractivity contribution in [2.75, 3.05) is 26.4 Å². The predicted octanol–water partition coefficient (Wildman–Crippen LogP) is 5.06. The van der Waals surface area contributed by atoms with E-state index in [0.717, 1.165) is 5.56 Å². The van der Waals surface area contributed by atoms with Crippen molar-refractivity contribution in [1.82, 2.24) is 4.90 Å². The van der Waals surface area contributed by atoms with Crippen LogP contribution in [0.25, 0.3) is 0 Å². The summed E-state index contributed by atoms with van der Waals surface area (Å²) in [7, 11) is -2.46. The zero-order chi connectivity index (χ0) is 25.6. The molecule has 1 aromatic rings. The lowest BCUT2D eigenvalue weighted by atomic mass is 9.99. The Bertz CT molecular complexity index is 722. The first-order valence-corrected chi connectivity index (χ1v) is 15.1. The van der Waals surface area contributed by atoms with E-state index in [4.69, 9.17) is 19.2 Å². The van der Waals surface area contributed by atoms with E-state index in [-0.39, 0.29) is 30.6 Å². The predicted molar refractivity (Wildman–Crippen MR) is 134 cm³/mol. The molecule has 1 N–H and O–H groups in total. The van der Waals surface area contributed by atoms with Crippen molar-refractivity contribution in [3.63, 3.8) is 0 Å². The standard InChI is InChI=1S/C25H43NO7Si/c1-7-30-23(27)19-22(15-16-25(3,4)34(5,6)29)26(17-12-18-33-32-8-2)24(28)31-20-21-13-10-9-11-14-21/h9-11,13-14,22,29H,7-8,12,15-20H2,1-6H3. The number of benzene rings is 1. The first-order chi connectivity index (χ1) is 16.0. The van der Waals surface area contributed by atoms with E-state index in [1.54, 1.807) is 11.8 Å². The number of esters is 1. The Morgan fingerprint density at radius 2 is 1.74 bits per heavy atom. The number of nitrogens with zero attached hydrogens (tertiary/aromatic N) is 1. The van der Waals surface area contributed by atoms with E-state index >= 15 is 0 Å². The Labute approximate surface area is 205 Å². The molecule has 0 aliphatic rings. The maximum Gasteiger partial charge on any atom is 0.410 e. The Morgan fingerprint density at radius 3 is 2.32 bits per heavy atom. The Kier molecular flexibility index (Phi) is 13.4. The highest BCUT2D eigenvalue weighted by Gasteiger charge is 2.39. The molecule has 0 aromatic heterocycles. The highest BCUT2D eigenvalue weighted by atomic mass is 28.4. The average molecular weight is 498 g/mol. The maximum absolute atomic E-state index is 13.2. The van der Waals surface area contributed by atoms with Gasteiger partial charge in [-0.1, -0.05) is 44.2 Å². The van der Waals surface area contributed by atoms with Crippen LogP contribution in [0.15, 0.2) is 30.3 Å². The van der Waals surface area contributed by atoms with Crippen LogP contribution in [-0.4, -0.2) is 62.5 Å². The summed E-state index contributed by atoms with van der Waals surface area (Å²) in [4.78, 5) is 47.9. The fraction of sp³-hybridized carbons (Fsp3) is 0.680. The van der Waals surface area contributed by atoms with Crippen LogP contribution in [0.5, 0.6) is 0 Å². The molecule has 194 valence electrons. The normalized spacial score (nSPS) is 12.8. The van der Waals surface area contributed by atoms with Crippen molar-refractivity contribution in [1.29, 1.82) is 0 Å². The minimum Gasteiger partial charge on any atom is -0.466 e. The maximum atomic E-state index is 13.2. The van der Waals surface area contributed by atoms with Crippen molar-refractivity contribution >= 4 is 20.4 Å². The molecule has 0 fully saturated rings. The Balaban J connectivity index is 3.02. The van der Waals surface area contributed by atoms with Crippen LogP contribution in [0.2, 0.25) is 18.1 Å². The van der Waals surface area contributed by atoms with Gasteiger partial charge >= 0.3 is 12.1 Å². The summed E-state index contributed by atoms with van der Waals surface area (Å²) in [6.07, 6.45) is 1.28. The third kappa shape index (κ3) is 11.0. The second-order valence-corrected chi connectivity index (χ2v) is 13.9. The highest BCUT2D eigenvalue weighted by molar-refractivity contribution is 6.72. The average Bonchev–Trinajstić information content (AvgIpc) is 2.78. The monoisotopic (exact) mass is 497 g/mol. The van der Waals surface area contributed by atoms with E-state index in [0.29, 0.717) is 39.0 Å². The summed E-state index contributed by atoms with van der Waals surface area (Å²) < 4.78 is 10.8. The van der Waals surface area contributed by atoms with Crippen LogP contribution in [-0.2, 0) is 30.7 Å². The van der Waals surface area contributed by atoms with Crippen LogP contribution >= 0.6 is 0 Å². The van der Waals surface area contributed by atoms with Crippen LogP contribution < -0.4 is 0 Å². The molecular weight excluding hydrogens is 454 g/mol. The summed E-state index contributed by atoms with van der Waals surface area (Å²) in [5.41, 5.74) is 0.881. The Hall–Kier alpha value is -1.94. The number of hydrogen-bond acceptors (Lipinski definition) is 7. The summed E-state index contributed by atoms with van der Waals surface area (Å²) in [6, 6.07) is 9.03. The molecule has 1 amide bonds. The molecule has 0 aliphatic heterocycles. The summed E-state index contributed by atoms with van der Waals surface area (Å²) in [5, 5.41) is -0.294. The van der Waals surface area contributed by atoms with Crippen LogP contribution in [0, 0.1) is 0 Å². The molecule has 0 saturated heterocycles. The number of hydrogen-bond donors (Lipinski definition) is 1. The van der Waals surface area contributed by atoms with Gasteiger partial charge in [-0.3, -0.25) is 4.79 Å². The minimum atomic E-state index is -2.46. The molecule has 0 radical (unpaired) electrons. The molecule has 8 nitrogen and oxygen atoms in total. The highest BCUT2D eigenvalue weighted by Crippen LogP contribution is 2.40. The zero-order valence-electron chi connectivity index (χ0n) is 21.7. The second-order valence-electron chi connectivity index (χ2n) is 9.46. The molecule has 0 heterocycles. The molecule has 1 aromatic carbocycles. The molecule has 9 heteroatoms. The van der Waals surface area contributed by atoms with Crippen molar-refractivity contribution in [2.45, 2.75) is 84.2 Å². The molecule has 0 bridgehead atoms. The number of carbonyl (C=O) groups excluding carboxylic acids is 2. The van der Waals surface area contributed by atoms with Gasteiger partial charge in [0.15, 0.2) is 8.32 Å². The van der Waals surface area contributed by atoms with Gasteiger partial charge in [-0.15, -0.1) is 0 Å². The molecule has 1 rings (SSSR count). The second kappa shape index (κ2) is 15.1. The van der Waals surface area contributed by atoms with Crippen LogP contribution in [0.4, 0.5) is 4.79 Å². The third-order valence-corrected chi connectivity index (χ3v) is 9.74. The van der Waals surface area contributed by atoms with E-state index < -0.39 is 20.5 Å². The quantitative estimate of drug-likeness (QED) is 0.112. The molecule has 0 aliphatic carbocycles. The van der Waals surface area contributed by atoms with Crippen molar-refractivity contribution < 1.29 is 33.6 Å². The first kappa shape index (κ1) is 30.1. The van der Waals surface area contributed by atoms with Crippen molar-refractivity contribution in [3.8, 4) is 0 Å². The van der Waals surface area contributed by atoms with E-state index in [2.05, 4.69) is 0 Å². The first-order valence-electron chi connectivity index (χ1n) is 12.1. The minimum absolute atomic E-state index is 0.0596. The van der Waals surface area contributed by atoms with Gasteiger partial charge in [-0.2, -0.15) is 0 Å². The van der Waals surface area contributed by atoms with Gasteiger partial charge in [-0.25, -0.2) is 14.6 Å². The van der Waals surface area contributed by atoms with Crippen molar-refractivity contribution in [3.05, 3.63) is 35.9 Å². The SMILES string of the molecule is CCOOCCCN(C(=O)OCc1ccccc1)C(CCC(C)(C)[Si](C)(C)O)CC(=O)OCC. The number of carbonyl (C=O) groups is 2. The Morgan fingerprint density at radius 1 is 1.06 bits per heavy atom. The van der Waals surface area contributed by atoms with Gasteiger partial charge in [0, 0.05) is 12.6 Å². The number of ether oxygens (including phenoxy) is 2. The number of amides is 1. The topological polar surface area (TPSA) is 94.5 Å². The summed E-state index contributed by atoms with van der Waals surface area (Å²) in [6.45, 7) is 13.0. The fourth-order valence-electron chi connectivity index (χ4n) is 3.27. The van der Waals surface area contributed by atoms with E-state index in [1.165, 1.54) is 0 Å². The zero-order valence-corrected chi connectivity index (χ0v) is 22.7. The van der Waals surface area contributed by atoms with Gasteiger partial charge in [0.25, 0.3) is 0 Å². The van der Waals surface area contributed by atoms with Crippen LogP contribution in [0.3, 0.4) is 0 Å². The molecule has 0 saturated carbocycles. The lowest BCUT2D eigenvalue weighted by Gasteiger charge is -2.38. The van der Waals surface area contributed by atoms with E-state index in [1.807, 2.05) is 64.2 Å². The smallest absolute Gasteiger partial charge is 0.410 e. The fourth-order valence-corrected chi connectivity index (χ4v) is 4.03. The van der Waals surface area contributed by atoms with Crippen molar-refractivity contribution in [2.24, 2.45) is 0 Å². The van der Waals surface area contributed by atoms with E-state index in [9.17, 15) is 14.4 Å². The largest absolute Gasteiger partial charge is 0.466 e. The van der Waals surface area contributed by atoms with Gasteiger partial charge in [0.05, 0.1) is 26.2 Å². The molecule has 1 unspecified atom stereocenters. The summed E-state index contributed by atoms with van der Waals surface area (Å²) >= 11 is 0. The molecule has 1 atom stereocenters. The van der Waals surface area contributed by atoms with Gasteiger partial charge in [0.2, 0.25) is 0 Å². The van der Waals surface area contributed by atoms with Crippen LogP contribution in [0.1, 0.15) is 58.9 Å².